The van der Waals surface area contributed by atoms with E-state index in [0.717, 1.165) is 30.5 Å². The molecule has 0 unspecified atom stereocenters. The molecule has 0 N–H and O–H groups in total. The van der Waals surface area contributed by atoms with Gasteiger partial charge in [0.1, 0.15) is 0 Å². The van der Waals surface area contributed by atoms with Crippen molar-refractivity contribution in [2.75, 3.05) is 26.4 Å². The Morgan fingerprint density at radius 2 is 1.92 bits per heavy atom. The van der Waals surface area contributed by atoms with Gasteiger partial charge >= 0.3 is 0 Å². The average Bonchev–Trinajstić information content (AvgIpc) is 3.43. The number of fused-ring (bicyclic) bond motifs is 3. The Morgan fingerprint density at radius 1 is 1.04 bits per heavy atom. The highest BCUT2D eigenvalue weighted by molar-refractivity contribution is 7.07. The Hall–Kier alpha value is -1.56. The van der Waals surface area contributed by atoms with Crippen molar-refractivity contribution >= 4 is 11.3 Å². The van der Waals surface area contributed by atoms with Gasteiger partial charge in [0.05, 0.1) is 0 Å². The molecule has 26 heavy (non-hydrogen) atoms. The van der Waals surface area contributed by atoms with Gasteiger partial charge < -0.3 is 9.47 Å². The summed E-state index contributed by atoms with van der Waals surface area (Å²) in [6.45, 7) is 5.15. The number of benzene rings is 1. The molecule has 0 spiro atoms. The molecule has 3 atom stereocenters. The second-order valence-electron chi connectivity index (χ2n) is 8.13. The van der Waals surface area contributed by atoms with Gasteiger partial charge in [-0.05, 0) is 71.9 Å². The zero-order chi connectivity index (χ0) is 17.1. The Morgan fingerprint density at radius 3 is 2.77 bits per heavy atom. The summed E-state index contributed by atoms with van der Waals surface area (Å²) in [5.74, 6) is 3.24. The third kappa shape index (κ3) is 2.34. The normalized spacial score (nSPS) is 35.0. The number of likely N-dealkylation sites (tertiary alicyclic amines) is 1. The van der Waals surface area contributed by atoms with Gasteiger partial charge in [0.25, 0.3) is 0 Å². The minimum Gasteiger partial charge on any atom is -0.454 e. The van der Waals surface area contributed by atoms with Gasteiger partial charge in [0.15, 0.2) is 11.5 Å². The molecule has 2 aromatic rings. The van der Waals surface area contributed by atoms with Gasteiger partial charge in [-0.15, -0.1) is 0 Å². The second kappa shape index (κ2) is 5.98. The van der Waals surface area contributed by atoms with Crippen LogP contribution in [0.3, 0.4) is 0 Å². The van der Waals surface area contributed by atoms with E-state index in [2.05, 4.69) is 44.8 Å². The lowest BCUT2D eigenvalue weighted by atomic mass is 9.75. The molecule has 0 amide bonds. The summed E-state index contributed by atoms with van der Waals surface area (Å²) >= 11 is 1.81. The predicted octanol–water partition coefficient (Wildman–Crippen LogP) is 3.54. The van der Waals surface area contributed by atoms with E-state index in [-0.39, 0.29) is 0 Å². The van der Waals surface area contributed by atoms with E-state index >= 15 is 0 Å². The standard InChI is InChI=1S/C21H24N2O2S/c1-2-18-19(25-13-24-18)9-16(1)17-11-23(10-14-5-8-26-12-14)20-15-3-6-22(7-4-15)21(17)20/h1-2,5,8-9,12,15,17,20-21H,3-4,6-7,10-11,13H2/t17-,20+,21+/m1/s1. The molecule has 5 aliphatic rings. The summed E-state index contributed by atoms with van der Waals surface area (Å²) in [4.78, 5) is 5.55. The van der Waals surface area contributed by atoms with Crippen molar-refractivity contribution in [3.8, 4) is 11.5 Å². The lowest BCUT2D eigenvalue weighted by Gasteiger charge is -2.51. The van der Waals surface area contributed by atoms with E-state index in [9.17, 15) is 0 Å². The van der Waals surface area contributed by atoms with Gasteiger partial charge in [-0.3, -0.25) is 9.80 Å². The third-order valence-corrected chi connectivity index (χ3v) is 7.62. The summed E-state index contributed by atoms with van der Waals surface area (Å²) in [6, 6.07) is 10.3. The Labute approximate surface area is 158 Å². The van der Waals surface area contributed by atoms with Gasteiger partial charge in [-0.2, -0.15) is 11.3 Å². The molecule has 7 rings (SSSR count). The molecule has 6 heterocycles. The lowest BCUT2D eigenvalue weighted by molar-refractivity contribution is -0.00866. The smallest absolute Gasteiger partial charge is 0.231 e. The number of piperidine rings is 3. The molecule has 5 aliphatic heterocycles. The molecule has 0 aliphatic carbocycles. The number of thiophene rings is 1. The van der Waals surface area contributed by atoms with Crippen LogP contribution in [0.4, 0.5) is 0 Å². The van der Waals surface area contributed by atoms with Gasteiger partial charge in [-0.1, -0.05) is 6.07 Å². The predicted molar refractivity (Wildman–Crippen MR) is 102 cm³/mol. The van der Waals surface area contributed by atoms with E-state index in [1.165, 1.54) is 37.1 Å². The molecule has 1 aromatic carbocycles. The van der Waals surface area contributed by atoms with E-state index in [1.54, 1.807) is 0 Å². The molecule has 0 saturated carbocycles. The monoisotopic (exact) mass is 368 g/mol. The van der Waals surface area contributed by atoms with Crippen LogP contribution >= 0.6 is 11.3 Å². The fraction of sp³-hybridized carbons (Fsp3) is 0.524. The Kier molecular flexibility index (Phi) is 3.56. The van der Waals surface area contributed by atoms with Crippen molar-refractivity contribution in [1.82, 2.24) is 9.80 Å². The van der Waals surface area contributed by atoms with Crippen molar-refractivity contribution in [2.24, 2.45) is 5.92 Å². The topological polar surface area (TPSA) is 24.9 Å². The summed E-state index contributed by atoms with van der Waals surface area (Å²) < 4.78 is 11.2. The van der Waals surface area contributed by atoms with Crippen LogP contribution < -0.4 is 9.47 Å². The quantitative estimate of drug-likeness (QED) is 0.827. The molecule has 136 valence electrons. The van der Waals surface area contributed by atoms with E-state index in [4.69, 9.17) is 9.47 Å². The fourth-order valence-electron chi connectivity index (χ4n) is 5.78. The average molecular weight is 369 g/mol. The van der Waals surface area contributed by atoms with Crippen molar-refractivity contribution in [1.29, 1.82) is 0 Å². The van der Waals surface area contributed by atoms with Crippen molar-refractivity contribution in [3.05, 3.63) is 46.2 Å². The van der Waals surface area contributed by atoms with Gasteiger partial charge in [-0.25, -0.2) is 0 Å². The SMILES string of the molecule is c1cc(CN2C[C@H](c3ccc4c(c3)OCO4)[C@H]3[C@@H]2C2CCN3CC2)cs1. The first-order valence-corrected chi connectivity index (χ1v) is 10.7. The van der Waals surface area contributed by atoms with Crippen LogP contribution in [-0.2, 0) is 6.54 Å². The first-order chi connectivity index (χ1) is 12.9. The zero-order valence-corrected chi connectivity index (χ0v) is 15.7. The van der Waals surface area contributed by atoms with Crippen molar-refractivity contribution in [3.63, 3.8) is 0 Å². The van der Waals surface area contributed by atoms with Crippen LogP contribution in [0.15, 0.2) is 35.0 Å². The Balaban J connectivity index is 1.36. The van der Waals surface area contributed by atoms with E-state index in [0.29, 0.717) is 24.8 Å². The number of hydrogen-bond acceptors (Lipinski definition) is 5. The summed E-state index contributed by atoms with van der Waals surface area (Å²) in [6.07, 6.45) is 2.74. The van der Waals surface area contributed by atoms with Crippen molar-refractivity contribution in [2.45, 2.75) is 37.4 Å². The largest absolute Gasteiger partial charge is 0.454 e. The number of nitrogens with zero attached hydrogens (tertiary/aromatic N) is 2. The van der Waals surface area contributed by atoms with Gasteiger partial charge in [0, 0.05) is 31.1 Å². The second-order valence-corrected chi connectivity index (χ2v) is 8.91. The first-order valence-electron chi connectivity index (χ1n) is 9.75. The number of hydrogen-bond donors (Lipinski definition) is 0. The molecular formula is C21H24N2O2S. The molecule has 1 aromatic heterocycles. The van der Waals surface area contributed by atoms with Crippen molar-refractivity contribution < 1.29 is 9.47 Å². The highest BCUT2D eigenvalue weighted by Gasteiger charge is 2.53. The molecule has 4 saturated heterocycles. The maximum absolute atomic E-state index is 5.66. The molecule has 4 nitrogen and oxygen atoms in total. The molecule has 5 heteroatoms. The first kappa shape index (κ1) is 15.5. The van der Waals surface area contributed by atoms with Crippen LogP contribution in [-0.4, -0.2) is 48.3 Å². The molecular weight excluding hydrogens is 344 g/mol. The minimum absolute atomic E-state index is 0.355. The highest BCUT2D eigenvalue weighted by Crippen LogP contribution is 2.48. The number of ether oxygens (including phenoxy) is 2. The molecule has 4 fully saturated rings. The highest BCUT2D eigenvalue weighted by atomic mass is 32.1. The third-order valence-electron chi connectivity index (χ3n) is 6.88. The maximum Gasteiger partial charge on any atom is 0.231 e. The van der Waals surface area contributed by atoms with E-state index in [1.807, 2.05) is 11.3 Å². The summed E-state index contributed by atoms with van der Waals surface area (Å²) in [5, 5.41) is 4.51. The fourth-order valence-corrected chi connectivity index (χ4v) is 6.44. The van der Waals surface area contributed by atoms with Gasteiger partial charge in [0.2, 0.25) is 6.79 Å². The lowest BCUT2D eigenvalue weighted by Crippen LogP contribution is -2.59. The molecule has 0 radical (unpaired) electrons. The maximum atomic E-state index is 5.66. The van der Waals surface area contributed by atoms with E-state index < -0.39 is 0 Å². The Bertz CT molecular complexity index is 800. The van der Waals surface area contributed by atoms with Crippen LogP contribution in [0, 0.1) is 5.92 Å². The summed E-state index contributed by atoms with van der Waals surface area (Å²) in [5.41, 5.74) is 2.89. The molecule has 2 bridgehead atoms. The summed E-state index contributed by atoms with van der Waals surface area (Å²) in [7, 11) is 0. The van der Waals surface area contributed by atoms with Crippen LogP contribution in [0.1, 0.15) is 29.9 Å². The van der Waals surface area contributed by atoms with Crippen LogP contribution in [0.2, 0.25) is 0 Å². The minimum atomic E-state index is 0.355. The van der Waals surface area contributed by atoms with Crippen LogP contribution in [0.25, 0.3) is 0 Å². The zero-order valence-electron chi connectivity index (χ0n) is 14.8. The number of rotatable bonds is 3. The van der Waals surface area contributed by atoms with Crippen LogP contribution in [0.5, 0.6) is 11.5 Å².